The Hall–Kier alpha value is -6.83. The number of carbonyl (C=O) groups is 4. The molecule has 3 heterocycles. The molecule has 0 saturated heterocycles. The second kappa shape index (κ2) is 18.6. The van der Waals surface area contributed by atoms with Gasteiger partial charge in [-0.15, -0.1) is 0 Å². The van der Waals surface area contributed by atoms with E-state index < -0.39 is 59.6 Å². The van der Waals surface area contributed by atoms with Crippen LogP contribution in [0.25, 0.3) is 21.9 Å². The molecule has 7 rings (SSSR count). The van der Waals surface area contributed by atoms with E-state index in [1.54, 1.807) is 39.8 Å². The van der Waals surface area contributed by atoms with Crippen molar-refractivity contribution >= 4 is 57.7 Å². The molecule has 0 spiro atoms. The second-order valence-corrected chi connectivity index (χ2v) is 16.3. The number of amides is 2. The average molecular weight is 827 g/mol. The van der Waals surface area contributed by atoms with E-state index in [1.807, 2.05) is 89.6 Å². The minimum Gasteiger partial charge on any atom is -0.458 e. The molecule has 0 unspecified atom stereocenters. The van der Waals surface area contributed by atoms with Gasteiger partial charge in [0.1, 0.15) is 42.9 Å². The lowest BCUT2D eigenvalue weighted by molar-refractivity contribution is -0.177. The molecule has 0 bridgehead atoms. The first kappa shape index (κ1) is 42.3. The summed E-state index contributed by atoms with van der Waals surface area (Å²) in [7, 11) is 0. The van der Waals surface area contributed by atoms with Crippen molar-refractivity contribution in [2.45, 2.75) is 85.3 Å². The molecular weight excluding hydrogens is 777 g/mol. The van der Waals surface area contributed by atoms with Crippen molar-refractivity contribution in [2.24, 2.45) is 17.3 Å². The molecule has 1 aliphatic carbocycles. The van der Waals surface area contributed by atoms with Crippen LogP contribution in [0.3, 0.4) is 0 Å². The molecular formula is C47H50N6O8. The average Bonchev–Trinajstić information content (AvgIpc) is 3.81. The molecule has 0 radical (unpaired) electrons. The van der Waals surface area contributed by atoms with Gasteiger partial charge in [0.15, 0.2) is 6.10 Å². The first-order valence-corrected chi connectivity index (χ1v) is 20.4. The maximum absolute atomic E-state index is 13.4. The molecule has 4 atom stereocenters. The quantitative estimate of drug-likeness (QED) is 0.0792. The van der Waals surface area contributed by atoms with Crippen molar-refractivity contribution in [1.82, 2.24) is 19.5 Å². The highest BCUT2D eigenvalue weighted by molar-refractivity contribution is 5.96. The van der Waals surface area contributed by atoms with Gasteiger partial charge in [-0.3, -0.25) is 20.2 Å². The van der Waals surface area contributed by atoms with E-state index in [0.29, 0.717) is 41.6 Å². The van der Waals surface area contributed by atoms with E-state index in [-0.39, 0.29) is 19.0 Å². The third kappa shape index (κ3) is 10.1. The SMILES string of the molecule is CC(C)C(=O)O[C@H]1[C@H](n2ccc3c(NC(=O)OCc4ccccc4)ncnc32)C[C@](C)(CCc2ccc3nc(NC(=O)OCc4ccccc4)ccc3c2)[C@H]1OC(=O)C(C)C. The summed E-state index contributed by atoms with van der Waals surface area (Å²) in [5, 5.41) is 6.89. The van der Waals surface area contributed by atoms with Gasteiger partial charge < -0.3 is 23.5 Å². The first-order valence-electron chi connectivity index (χ1n) is 20.4. The number of ether oxygens (including phenoxy) is 4. The fourth-order valence-electron chi connectivity index (χ4n) is 7.58. The Morgan fingerprint density at radius 2 is 1.39 bits per heavy atom. The predicted molar refractivity (Wildman–Crippen MR) is 229 cm³/mol. The van der Waals surface area contributed by atoms with Crippen LogP contribution in [0.2, 0.25) is 0 Å². The number of benzene rings is 3. The number of aryl methyl sites for hydroxylation is 1. The number of nitrogens with one attached hydrogen (secondary N) is 2. The summed E-state index contributed by atoms with van der Waals surface area (Å²) < 4.78 is 25.3. The lowest BCUT2D eigenvalue weighted by atomic mass is 9.80. The van der Waals surface area contributed by atoms with Crippen LogP contribution in [0.4, 0.5) is 21.2 Å². The minimum atomic E-state index is -0.855. The van der Waals surface area contributed by atoms with Gasteiger partial charge in [-0.05, 0) is 66.3 Å². The summed E-state index contributed by atoms with van der Waals surface area (Å²) >= 11 is 0. The molecule has 14 nitrogen and oxygen atoms in total. The van der Waals surface area contributed by atoms with E-state index in [2.05, 4.69) is 38.6 Å². The smallest absolute Gasteiger partial charge is 0.413 e. The van der Waals surface area contributed by atoms with Crippen molar-refractivity contribution in [3.8, 4) is 0 Å². The van der Waals surface area contributed by atoms with Crippen molar-refractivity contribution in [3.63, 3.8) is 0 Å². The number of aromatic nitrogens is 4. The van der Waals surface area contributed by atoms with Crippen molar-refractivity contribution in [3.05, 3.63) is 126 Å². The normalized spacial score (nSPS) is 18.6. The van der Waals surface area contributed by atoms with Crippen LogP contribution in [-0.2, 0) is 48.2 Å². The number of hydrogen-bond donors (Lipinski definition) is 2. The molecule has 1 aliphatic rings. The third-order valence-electron chi connectivity index (χ3n) is 11.0. The zero-order chi connectivity index (χ0) is 43.1. The summed E-state index contributed by atoms with van der Waals surface area (Å²) in [6.45, 7) is 9.37. The molecule has 2 amide bonds. The van der Waals surface area contributed by atoms with E-state index >= 15 is 0 Å². The highest BCUT2D eigenvalue weighted by atomic mass is 16.6. The largest absolute Gasteiger partial charge is 0.458 e. The summed E-state index contributed by atoms with van der Waals surface area (Å²) in [6, 6.07) is 29.7. The van der Waals surface area contributed by atoms with Gasteiger partial charge in [-0.2, -0.15) is 0 Å². The molecule has 3 aromatic carbocycles. The van der Waals surface area contributed by atoms with Crippen LogP contribution >= 0.6 is 0 Å². The van der Waals surface area contributed by atoms with Crippen molar-refractivity contribution < 1.29 is 38.1 Å². The fourth-order valence-corrected chi connectivity index (χ4v) is 7.58. The Balaban J connectivity index is 1.12. The number of fused-ring (bicyclic) bond motifs is 2. The van der Waals surface area contributed by atoms with Crippen LogP contribution in [0.5, 0.6) is 0 Å². The number of pyridine rings is 1. The number of rotatable bonds is 14. The molecule has 1 saturated carbocycles. The molecule has 61 heavy (non-hydrogen) atoms. The topological polar surface area (TPSA) is 173 Å². The van der Waals surface area contributed by atoms with Crippen LogP contribution in [0, 0.1) is 17.3 Å². The molecule has 0 aliphatic heterocycles. The Morgan fingerprint density at radius 3 is 2.05 bits per heavy atom. The summed E-state index contributed by atoms with van der Waals surface area (Å²) in [5.74, 6) is -1.03. The number of hydrogen-bond acceptors (Lipinski definition) is 11. The van der Waals surface area contributed by atoms with Gasteiger partial charge in [0.05, 0.1) is 28.8 Å². The zero-order valence-electron chi connectivity index (χ0n) is 34.9. The molecule has 1 fully saturated rings. The Morgan fingerprint density at radius 1 is 0.754 bits per heavy atom. The third-order valence-corrected chi connectivity index (χ3v) is 11.0. The van der Waals surface area contributed by atoms with E-state index in [4.69, 9.17) is 18.9 Å². The monoisotopic (exact) mass is 826 g/mol. The Kier molecular flexibility index (Phi) is 12.9. The van der Waals surface area contributed by atoms with Gasteiger partial charge in [0, 0.05) is 17.0 Å². The minimum absolute atomic E-state index is 0.0877. The standard InChI is InChI=1S/C47H50N6O8/c1-29(2)43(54)60-39-37(53-23-21-35-41(48-28-49-42(35)53)52-46(57)59-27-33-14-10-7-11-15-33)25-47(5,40(39)61-44(55)30(3)4)22-20-31-16-18-36-34(24-31)17-19-38(50-36)51-45(56)58-26-32-12-8-6-9-13-32/h6-19,21,23-24,28-30,37,39-40H,20,22,25-27H2,1-5H3,(H,50,51,56)(H,48,49,52,57)/t37-,39+,40+,47+/m1/s1. The number of carbonyl (C=O) groups excluding carboxylic acids is 4. The lowest BCUT2D eigenvalue weighted by Crippen LogP contribution is -2.43. The van der Waals surface area contributed by atoms with Gasteiger partial charge in [-0.25, -0.2) is 24.5 Å². The summed E-state index contributed by atoms with van der Waals surface area (Å²) in [5.41, 5.74) is 3.29. The molecule has 2 N–H and O–H groups in total. The molecule has 14 heteroatoms. The van der Waals surface area contributed by atoms with Crippen LogP contribution < -0.4 is 10.6 Å². The van der Waals surface area contributed by atoms with Gasteiger partial charge in [-0.1, -0.05) is 101 Å². The molecule has 3 aromatic heterocycles. The Bertz CT molecular complexity index is 2510. The van der Waals surface area contributed by atoms with Crippen molar-refractivity contribution in [1.29, 1.82) is 0 Å². The maximum Gasteiger partial charge on any atom is 0.413 e. The number of esters is 2. The highest BCUT2D eigenvalue weighted by Crippen LogP contribution is 2.51. The van der Waals surface area contributed by atoms with Gasteiger partial charge in [0.25, 0.3) is 0 Å². The van der Waals surface area contributed by atoms with Crippen molar-refractivity contribution in [2.75, 3.05) is 10.6 Å². The van der Waals surface area contributed by atoms with Gasteiger partial charge in [0.2, 0.25) is 0 Å². The van der Waals surface area contributed by atoms with Crippen LogP contribution in [0.1, 0.15) is 70.2 Å². The lowest BCUT2D eigenvalue weighted by Gasteiger charge is -2.34. The van der Waals surface area contributed by atoms with E-state index in [0.717, 1.165) is 22.1 Å². The highest BCUT2D eigenvalue weighted by Gasteiger charge is 2.56. The van der Waals surface area contributed by atoms with E-state index in [9.17, 15) is 19.2 Å². The second-order valence-electron chi connectivity index (χ2n) is 16.3. The maximum atomic E-state index is 13.4. The molecule has 6 aromatic rings. The van der Waals surface area contributed by atoms with Crippen LogP contribution in [0.15, 0.2) is 110 Å². The van der Waals surface area contributed by atoms with E-state index in [1.165, 1.54) is 6.33 Å². The molecule has 316 valence electrons. The Labute approximate surface area is 354 Å². The fraction of sp³-hybridized carbons (Fsp3) is 0.340. The summed E-state index contributed by atoms with van der Waals surface area (Å²) in [4.78, 5) is 65.7. The summed E-state index contributed by atoms with van der Waals surface area (Å²) in [6.07, 6.45) is 1.93. The zero-order valence-corrected chi connectivity index (χ0v) is 34.9. The first-order chi connectivity index (χ1) is 29.4. The number of anilines is 2. The van der Waals surface area contributed by atoms with Crippen LogP contribution in [-0.4, -0.2) is 55.9 Å². The number of nitrogens with zero attached hydrogens (tertiary/aromatic N) is 4. The van der Waals surface area contributed by atoms with Gasteiger partial charge >= 0.3 is 24.1 Å². The predicted octanol–water partition coefficient (Wildman–Crippen LogP) is 9.20.